The Labute approximate surface area is 328 Å². The number of hydrogen-bond acceptors (Lipinski definition) is 16. The first-order valence-electron chi connectivity index (χ1n) is 18.5. The van der Waals surface area contributed by atoms with Crippen LogP contribution in [0.5, 0.6) is 34.9 Å². The van der Waals surface area contributed by atoms with Gasteiger partial charge in [0.25, 0.3) is 0 Å². The molecule has 0 bridgehead atoms. The van der Waals surface area contributed by atoms with Gasteiger partial charge in [0, 0.05) is 58.7 Å². The molecule has 5 aromatic heterocycles. The molecule has 2 atom stereocenters. The molecule has 14 nitrogen and oxygen atoms in total. The minimum atomic E-state index is -0.523. The molecule has 0 fully saturated rings. The average molecular weight is 782 g/mol. The van der Waals surface area contributed by atoms with Gasteiger partial charge in [-0.2, -0.15) is 5.10 Å². The first-order chi connectivity index (χ1) is 27.7. The summed E-state index contributed by atoms with van der Waals surface area (Å²) in [4.78, 5) is 11.6. The molecule has 16 heteroatoms. The van der Waals surface area contributed by atoms with E-state index in [1.54, 1.807) is 23.5 Å². The van der Waals surface area contributed by atoms with Gasteiger partial charge in [-0.25, -0.2) is 4.98 Å². The Bertz CT molecular complexity index is 2630. The van der Waals surface area contributed by atoms with Crippen molar-refractivity contribution < 1.29 is 28.4 Å². The van der Waals surface area contributed by atoms with E-state index < -0.39 is 12.0 Å². The molecule has 56 heavy (non-hydrogen) atoms. The van der Waals surface area contributed by atoms with E-state index in [4.69, 9.17) is 58.8 Å². The topological polar surface area (TPSA) is 158 Å². The third-order valence-corrected chi connectivity index (χ3v) is 12.7. The molecule has 1 radical (unpaired) electrons. The van der Waals surface area contributed by atoms with E-state index in [2.05, 4.69) is 28.5 Å². The van der Waals surface area contributed by atoms with E-state index in [1.165, 1.54) is 0 Å². The van der Waals surface area contributed by atoms with Crippen molar-refractivity contribution >= 4 is 23.5 Å². The van der Waals surface area contributed by atoms with E-state index in [9.17, 15) is 0 Å². The van der Waals surface area contributed by atoms with Gasteiger partial charge in [-0.15, -0.1) is 37.3 Å². The quantitative estimate of drug-likeness (QED) is 0.199. The fraction of sp³-hybridized carbons (Fsp3) is 0.300. The van der Waals surface area contributed by atoms with Gasteiger partial charge in [-0.1, -0.05) is 17.8 Å². The van der Waals surface area contributed by atoms with E-state index in [0.717, 1.165) is 85.4 Å². The number of ether oxygens (including phenoxy) is 6. The number of aryl methyl sites for hydroxylation is 1. The number of rotatable bonds is 5. The first-order valence-corrected chi connectivity index (χ1v) is 20.5. The lowest BCUT2D eigenvalue weighted by Gasteiger charge is -2.23. The van der Waals surface area contributed by atoms with Crippen LogP contribution in [0.3, 0.4) is 0 Å². The third-order valence-electron chi connectivity index (χ3n) is 10.8. The molecule has 0 N–H and O–H groups in total. The summed E-state index contributed by atoms with van der Waals surface area (Å²) in [5.74, 6) is 4.63. The normalized spacial score (nSPS) is 19.4. The van der Waals surface area contributed by atoms with Gasteiger partial charge in [0.05, 0.1) is 59.2 Å². The summed E-state index contributed by atoms with van der Waals surface area (Å²) >= 11 is 3.32. The fourth-order valence-electron chi connectivity index (χ4n) is 8.26. The predicted molar refractivity (Wildman–Crippen MR) is 202 cm³/mol. The maximum absolute atomic E-state index is 6.86. The highest BCUT2D eigenvalue weighted by atomic mass is 32.2. The molecule has 277 valence electrons. The zero-order valence-corrected chi connectivity index (χ0v) is 31.2. The zero-order chi connectivity index (χ0) is 36.7. The summed E-state index contributed by atoms with van der Waals surface area (Å²) in [6, 6.07) is 12.3. The molecule has 1 aromatic carbocycles. The number of thioether (sulfide) groups is 2. The monoisotopic (exact) mass is 781 g/mol. The van der Waals surface area contributed by atoms with Crippen molar-refractivity contribution in [2.75, 3.05) is 38.1 Å². The van der Waals surface area contributed by atoms with Gasteiger partial charge in [0.1, 0.15) is 41.1 Å². The fourth-order valence-corrected chi connectivity index (χ4v) is 9.78. The SMILES string of the molecule is [c]1nc(-c2nnc3c(c2-c2cc4c(nn2)OCCC4)C(c2cc4c(nn2)OCCS4)C(c2ccc4c(c2)CCO4)O3)c2c(c1-c1cc3c(cn1)SCO3)CCO2. The second kappa shape index (κ2) is 12.9. The molecular weight excluding hydrogens is 753 g/mol. The van der Waals surface area contributed by atoms with Crippen LogP contribution in [0.1, 0.15) is 52.0 Å². The Balaban J connectivity index is 1.08. The summed E-state index contributed by atoms with van der Waals surface area (Å²) in [5, 5.41) is 28.4. The average Bonchev–Trinajstić information content (AvgIpc) is 4.08. The van der Waals surface area contributed by atoms with Gasteiger partial charge in [-0.3, -0.25) is 4.98 Å². The van der Waals surface area contributed by atoms with Crippen LogP contribution in [0.2, 0.25) is 0 Å². The van der Waals surface area contributed by atoms with Crippen molar-refractivity contribution in [1.29, 1.82) is 0 Å². The van der Waals surface area contributed by atoms with Crippen LogP contribution in [-0.2, 0) is 19.3 Å². The van der Waals surface area contributed by atoms with Crippen LogP contribution < -0.4 is 28.4 Å². The summed E-state index contributed by atoms with van der Waals surface area (Å²) in [6.07, 6.45) is 7.77. The van der Waals surface area contributed by atoms with Crippen molar-refractivity contribution in [3.63, 3.8) is 0 Å². The minimum absolute atomic E-state index is 0.369. The standard InChI is InChI=1S/C40H29N8O6S2/c1-2-21-13-25(43-46-38(21)51-7-1)31-33-32(26-15-29-39(47-44-26)52-10-11-55-29)36(20-3-4-27-19(12-20)5-8-49-27)54-40(33)48-45-34(31)35-37-22(6-9-50-37)23(16-42-35)24-14-28-30(17-41-24)56-18-53-28/h3-4,12-15,17,32,36H,1-2,5-11,18H2. The lowest BCUT2D eigenvalue weighted by Crippen LogP contribution is -2.16. The third kappa shape index (κ3) is 5.18. The van der Waals surface area contributed by atoms with E-state index in [-0.39, 0.29) is 0 Å². The molecular formula is C40H29N8O6S2. The Morgan fingerprint density at radius 1 is 0.679 bits per heavy atom. The van der Waals surface area contributed by atoms with Crippen molar-refractivity contribution in [3.8, 4) is 68.8 Å². The van der Waals surface area contributed by atoms with Crippen molar-refractivity contribution in [1.82, 2.24) is 40.6 Å². The second-order valence-electron chi connectivity index (χ2n) is 14.0. The molecule has 0 aliphatic carbocycles. The zero-order valence-electron chi connectivity index (χ0n) is 29.6. The maximum Gasteiger partial charge on any atom is 0.247 e. The molecule has 6 aliphatic rings. The Hall–Kier alpha value is -5.74. The molecule has 2 unspecified atom stereocenters. The number of fused-ring (bicyclic) bond motifs is 6. The summed E-state index contributed by atoms with van der Waals surface area (Å²) < 4.78 is 36.7. The first kappa shape index (κ1) is 32.5. The molecule has 0 saturated heterocycles. The van der Waals surface area contributed by atoms with Crippen LogP contribution in [0.4, 0.5) is 0 Å². The summed E-state index contributed by atoms with van der Waals surface area (Å²) in [5.41, 5.74) is 9.15. The number of pyridine rings is 2. The van der Waals surface area contributed by atoms with Crippen LogP contribution in [-0.4, -0.2) is 78.7 Å². The minimum Gasteiger partial charge on any atom is -0.493 e. The molecule has 0 amide bonds. The summed E-state index contributed by atoms with van der Waals surface area (Å²) in [6.45, 7) is 2.29. The lowest BCUT2D eigenvalue weighted by atomic mass is 9.84. The summed E-state index contributed by atoms with van der Waals surface area (Å²) in [7, 11) is 0. The van der Waals surface area contributed by atoms with Gasteiger partial charge in [-0.05, 0) is 48.2 Å². The smallest absolute Gasteiger partial charge is 0.247 e. The molecule has 11 heterocycles. The van der Waals surface area contributed by atoms with Crippen LogP contribution >= 0.6 is 23.5 Å². The van der Waals surface area contributed by atoms with Gasteiger partial charge in [0.2, 0.25) is 17.6 Å². The number of nitrogens with zero attached hydrogens (tertiary/aromatic N) is 8. The number of hydrogen-bond donors (Lipinski definition) is 0. The highest BCUT2D eigenvalue weighted by molar-refractivity contribution is 7.99. The highest BCUT2D eigenvalue weighted by Crippen LogP contribution is 2.55. The Morgan fingerprint density at radius 2 is 1.61 bits per heavy atom. The van der Waals surface area contributed by atoms with Gasteiger partial charge >= 0.3 is 0 Å². The van der Waals surface area contributed by atoms with Crippen molar-refractivity contribution in [2.45, 2.75) is 47.5 Å². The van der Waals surface area contributed by atoms with Crippen LogP contribution in [0, 0.1) is 6.20 Å². The van der Waals surface area contributed by atoms with Crippen LogP contribution in [0.15, 0.2) is 52.4 Å². The predicted octanol–water partition coefficient (Wildman–Crippen LogP) is 6.03. The van der Waals surface area contributed by atoms with E-state index >= 15 is 0 Å². The maximum atomic E-state index is 6.86. The molecule has 12 rings (SSSR count). The number of aromatic nitrogens is 8. The lowest BCUT2D eigenvalue weighted by molar-refractivity contribution is 0.211. The Kier molecular flexibility index (Phi) is 7.49. The molecule has 6 aromatic rings. The largest absolute Gasteiger partial charge is 0.493 e. The van der Waals surface area contributed by atoms with Crippen LogP contribution in [0.25, 0.3) is 33.9 Å². The van der Waals surface area contributed by atoms with Crippen molar-refractivity contribution in [3.05, 3.63) is 82.3 Å². The van der Waals surface area contributed by atoms with Gasteiger partial charge < -0.3 is 28.4 Å². The molecule has 0 spiro atoms. The number of benzene rings is 1. The van der Waals surface area contributed by atoms with E-state index in [1.807, 2.05) is 30.5 Å². The molecule has 0 saturated carbocycles. The van der Waals surface area contributed by atoms with E-state index in [0.29, 0.717) is 90.5 Å². The second-order valence-corrected chi connectivity index (χ2v) is 16.1. The van der Waals surface area contributed by atoms with Crippen molar-refractivity contribution in [2.24, 2.45) is 0 Å². The van der Waals surface area contributed by atoms with Gasteiger partial charge in [0.15, 0.2) is 5.75 Å². The highest BCUT2D eigenvalue weighted by Gasteiger charge is 2.45. The Morgan fingerprint density at radius 3 is 2.61 bits per heavy atom. The molecule has 6 aliphatic heterocycles.